The van der Waals surface area contributed by atoms with Crippen molar-refractivity contribution in [2.75, 3.05) is 0 Å². The van der Waals surface area contributed by atoms with Crippen molar-refractivity contribution < 1.29 is 38.8 Å². The Morgan fingerprint density at radius 3 is 2.17 bits per heavy atom. The van der Waals surface area contributed by atoms with Crippen molar-refractivity contribution in [1.82, 2.24) is 9.97 Å². The smallest absolute Gasteiger partial charge is 0.223 e. The van der Waals surface area contributed by atoms with Gasteiger partial charge in [0.2, 0.25) is 5.71 Å². The molecule has 6 rings (SSSR count). The molecule has 0 aliphatic carbocycles. The summed E-state index contributed by atoms with van der Waals surface area (Å²) in [5.41, 5.74) is 4.56. The van der Waals surface area contributed by atoms with Crippen molar-refractivity contribution in [2.24, 2.45) is 10.8 Å². The fraction of sp³-hybridized carbons (Fsp3) is 0.390. The van der Waals surface area contributed by atoms with E-state index < -0.39 is 0 Å². The van der Waals surface area contributed by atoms with Gasteiger partial charge in [-0.25, -0.2) is 4.98 Å². The number of furan rings is 2. The van der Waals surface area contributed by atoms with E-state index in [2.05, 4.69) is 61.1 Å². The van der Waals surface area contributed by atoms with Crippen LogP contribution >= 0.6 is 0 Å². The molecule has 0 atom stereocenters. The molecular weight excluding hydrogens is 777 g/mol. The molecule has 6 aromatic rings. The Morgan fingerprint density at radius 1 is 0.854 bits per heavy atom. The van der Waals surface area contributed by atoms with Crippen molar-refractivity contribution >= 4 is 49.6 Å². The molecule has 3 aromatic carbocycles. The van der Waals surface area contributed by atoms with Gasteiger partial charge < -0.3 is 13.9 Å². The number of ketones is 1. The number of aromatic nitrogens is 2. The van der Waals surface area contributed by atoms with E-state index in [1.54, 1.807) is 12.6 Å². The average Bonchev–Trinajstić information content (AvgIpc) is 3.69. The normalized spacial score (nSPS) is 12.7. The third-order valence-corrected chi connectivity index (χ3v) is 10.3. The van der Waals surface area contributed by atoms with Crippen molar-refractivity contribution in [2.45, 2.75) is 93.4 Å². The summed E-state index contributed by atoms with van der Waals surface area (Å²) < 4.78 is 11.7. The maximum atomic E-state index is 12.2. The number of aliphatic hydroxyl groups is 1. The molecule has 0 bridgehead atoms. The van der Waals surface area contributed by atoms with E-state index in [4.69, 9.17) is 8.83 Å². The maximum Gasteiger partial charge on any atom is 0.223 e. The van der Waals surface area contributed by atoms with Gasteiger partial charge in [0, 0.05) is 58.9 Å². The zero-order chi connectivity index (χ0) is 34.1. The molecular formula is C41H47IrN2O4-. The molecule has 3 aromatic heterocycles. The first kappa shape index (κ1) is 37.0. The van der Waals surface area contributed by atoms with Crippen LogP contribution in [0.1, 0.15) is 93.6 Å². The van der Waals surface area contributed by atoms with E-state index >= 15 is 0 Å². The molecule has 1 N–H and O–H groups in total. The summed E-state index contributed by atoms with van der Waals surface area (Å²) in [5.74, 6) is 0.286. The summed E-state index contributed by atoms with van der Waals surface area (Å²) in [4.78, 5) is 21.2. The van der Waals surface area contributed by atoms with Gasteiger partial charge in [-0.15, -0.1) is 29.1 Å². The minimum Gasteiger partial charge on any atom is -0.512 e. The predicted molar refractivity (Wildman–Crippen MR) is 193 cm³/mol. The zero-order valence-corrected chi connectivity index (χ0v) is 32.0. The number of carbonyl (C=O) groups is 1. The predicted octanol–water partition coefficient (Wildman–Crippen LogP) is 11.7. The third-order valence-electron chi connectivity index (χ3n) is 10.3. The van der Waals surface area contributed by atoms with Crippen LogP contribution in [-0.2, 0) is 30.3 Å². The topological polar surface area (TPSA) is 89.4 Å². The molecule has 7 heteroatoms. The Balaban J connectivity index is 0.000000251. The number of hydrogen-bond donors (Lipinski definition) is 1. The SMILES string of the molecule is CC(C)(C)c1cc(-c2ncnc3oc4cc5ccoc5cc4c23)[c-]c2ccccc12.CCC(C)(CC)C(=O)/C=C(\O)C(C)(CC)CC.[Ir]. The van der Waals surface area contributed by atoms with Gasteiger partial charge >= 0.3 is 0 Å². The molecule has 6 nitrogen and oxygen atoms in total. The number of benzene rings is 3. The Labute approximate surface area is 297 Å². The fourth-order valence-corrected chi connectivity index (χ4v) is 5.93. The first-order valence-corrected chi connectivity index (χ1v) is 16.7. The van der Waals surface area contributed by atoms with E-state index in [9.17, 15) is 9.90 Å². The van der Waals surface area contributed by atoms with Gasteiger partial charge in [-0.05, 0) is 49.3 Å². The molecule has 0 aliphatic heterocycles. The summed E-state index contributed by atoms with van der Waals surface area (Å²) >= 11 is 0. The van der Waals surface area contributed by atoms with Crippen LogP contribution in [0.5, 0.6) is 0 Å². The maximum absolute atomic E-state index is 12.2. The number of allylic oxidation sites excluding steroid dienone is 2. The molecule has 1 radical (unpaired) electrons. The zero-order valence-electron chi connectivity index (χ0n) is 29.6. The largest absolute Gasteiger partial charge is 0.512 e. The minimum absolute atomic E-state index is 0. The van der Waals surface area contributed by atoms with E-state index in [0.717, 1.165) is 69.7 Å². The van der Waals surface area contributed by atoms with Gasteiger partial charge in [0.15, 0.2) is 5.78 Å². The van der Waals surface area contributed by atoms with Gasteiger partial charge in [0.1, 0.15) is 23.3 Å². The van der Waals surface area contributed by atoms with Crippen LogP contribution in [0.3, 0.4) is 0 Å². The Morgan fingerprint density at radius 2 is 1.52 bits per heavy atom. The fourth-order valence-electron chi connectivity index (χ4n) is 5.93. The summed E-state index contributed by atoms with van der Waals surface area (Å²) in [7, 11) is 0. The summed E-state index contributed by atoms with van der Waals surface area (Å²) in [6.45, 7) is 18.8. The van der Waals surface area contributed by atoms with Gasteiger partial charge in [-0.3, -0.25) is 9.78 Å². The van der Waals surface area contributed by atoms with Crippen molar-refractivity contribution in [3.63, 3.8) is 0 Å². The molecule has 255 valence electrons. The number of rotatable bonds is 8. The van der Waals surface area contributed by atoms with E-state index in [1.165, 1.54) is 17.0 Å². The number of aliphatic hydroxyl groups excluding tert-OH is 1. The molecule has 0 amide bonds. The second kappa shape index (κ2) is 14.4. The second-order valence-electron chi connectivity index (χ2n) is 14.1. The molecule has 0 saturated heterocycles. The van der Waals surface area contributed by atoms with Crippen molar-refractivity contribution in [3.05, 3.63) is 84.6 Å². The number of carbonyl (C=O) groups excluding carboxylic acids is 1. The number of nitrogens with zero attached hydrogens (tertiary/aromatic N) is 2. The van der Waals surface area contributed by atoms with E-state index in [-0.39, 0.29) is 47.9 Å². The second-order valence-corrected chi connectivity index (χ2v) is 14.1. The molecule has 0 saturated carbocycles. The molecule has 48 heavy (non-hydrogen) atoms. The van der Waals surface area contributed by atoms with E-state index in [1.807, 2.05) is 65.8 Å². The summed E-state index contributed by atoms with van der Waals surface area (Å²) in [6, 6.07) is 20.1. The van der Waals surface area contributed by atoms with Crippen molar-refractivity contribution in [1.29, 1.82) is 0 Å². The van der Waals surface area contributed by atoms with Crippen LogP contribution in [0.25, 0.3) is 55.1 Å². The van der Waals surface area contributed by atoms with Crippen LogP contribution in [-0.4, -0.2) is 20.9 Å². The summed E-state index contributed by atoms with van der Waals surface area (Å²) in [6.07, 6.45) is 8.00. The van der Waals surface area contributed by atoms with Gasteiger partial charge in [0.25, 0.3) is 0 Å². The van der Waals surface area contributed by atoms with Crippen LogP contribution in [0.2, 0.25) is 0 Å². The molecule has 0 fully saturated rings. The Hall–Kier alpha value is -3.80. The standard InChI is InChI=1S/C26H19N2O2.C15H28O2.Ir/c1-26(2,3)20-11-17(10-15-6-4-5-7-18(15)20)24-23-19-13-21-16(8-9-29-21)12-22(19)30-25(23)28-14-27-24;1-7-14(5,8-2)12(16)11-13(17)15(6,9-3)10-4;/h4-9,11-14H,1-3H3;11,16H,7-10H2,1-6H3;/q-1;;/b;12-11-;. The van der Waals surface area contributed by atoms with Gasteiger partial charge in [-0.1, -0.05) is 91.5 Å². The van der Waals surface area contributed by atoms with E-state index in [0.29, 0.717) is 5.71 Å². The van der Waals surface area contributed by atoms with Gasteiger partial charge in [0.05, 0.1) is 6.26 Å². The summed E-state index contributed by atoms with van der Waals surface area (Å²) in [5, 5.41) is 15.3. The number of fused-ring (bicyclic) bond motifs is 5. The number of hydrogen-bond acceptors (Lipinski definition) is 6. The molecule has 0 spiro atoms. The van der Waals surface area contributed by atoms with Crippen LogP contribution in [0, 0.1) is 16.9 Å². The Kier molecular flexibility index (Phi) is 11.1. The molecule has 0 aliphatic rings. The Bertz CT molecular complexity index is 2090. The molecule has 3 heterocycles. The minimum atomic E-state index is -0.337. The van der Waals surface area contributed by atoms with Crippen molar-refractivity contribution in [3.8, 4) is 11.3 Å². The van der Waals surface area contributed by atoms with Gasteiger partial charge in [-0.2, -0.15) is 0 Å². The van der Waals surface area contributed by atoms with Crippen LogP contribution in [0.4, 0.5) is 0 Å². The third kappa shape index (κ3) is 6.99. The monoisotopic (exact) mass is 824 g/mol. The van der Waals surface area contributed by atoms with Crippen LogP contribution in [0.15, 0.2) is 81.8 Å². The quantitative estimate of drug-likeness (QED) is 0.0934. The first-order chi connectivity index (χ1) is 22.3. The first-order valence-electron chi connectivity index (χ1n) is 16.7. The van der Waals surface area contributed by atoms with Crippen LogP contribution < -0.4 is 0 Å². The molecule has 0 unspecified atom stereocenters. The average molecular weight is 824 g/mol.